The fourth-order valence-corrected chi connectivity index (χ4v) is 3.54. The fraction of sp³-hybridized carbons (Fsp3) is 0.333. The zero-order valence-corrected chi connectivity index (χ0v) is 13.4. The van der Waals surface area contributed by atoms with E-state index in [1.165, 1.54) is 0 Å². The molecule has 4 heterocycles. The van der Waals surface area contributed by atoms with Gasteiger partial charge in [0.15, 0.2) is 0 Å². The quantitative estimate of drug-likeness (QED) is 0.911. The Morgan fingerprint density at radius 1 is 1.38 bits per heavy atom. The van der Waals surface area contributed by atoms with E-state index in [2.05, 4.69) is 22.2 Å². The third-order valence-corrected chi connectivity index (χ3v) is 4.84. The standard InChI is InChI=1S/C18H17N5O/c1-11-16(5-7-20-11)23-10-13-2-3-15(22-17(13)18(23)24)12-4-6-21-14(8-12)9-19/h2-4,6,8,11,16,20H,5,7,10H2,1H3/t11-,16-/m1/s1. The number of rotatable bonds is 2. The molecule has 0 spiro atoms. The molecule has 2 aliphatic heterocycles. The van der Waals surface area contributed by atoms with Gasteiger partial charge in [0.1, 0.15) is 17.5 Å². The average molecular weight is 319 g/mol. The zero-order chi connectivity index (χ0) is 16.7. The van der Waals surface area contributed by atoms with Gasteiger partial charge in [-0.1, -0.05) is 6.07 Å². The number of amides is 1. The third kappa shape index (κ3) is 2.34. The van der Waals surface area contributed by atoms with Gasteiger partial charge in [0, 0.05) is 36.0 Å². The number of fused-ring (bicyclic) bond motifs is 1. The van der Waals surface area contributed by atoms with Gasteiger partial charge >= 0.3 is 0 Å². The third-order valence-electron chi connectivity index (χ3n) is 4.84. The minimum absolute atomic E-state index is 0.00182. The number of carbonyl (C=O) groups is 1. The van der Waals surface area contributed by atoms with Crippen molar-refractivity contribution in [1.82, 2.24) is 20.2 Å². The minimum atomic E-state index is 0.00182. The van der Waals surface area contributed by atoms with E-state index in [4.69, 9.17) is 5.26 Å². The lowest BCUT2D eigenvalue weighted by Gasteiger charge is -2.26. The molecule has 0 saturated carbocycles. The summed E-state index contributed by atoms with van der Waals surface area (Å²) in [6.45, 7) is 3.68. The molecule has 1 amide bonds. The number of hydrogen-bond donors (Lipinski definition) is 1. The van der Waals surface area contributed by atoms with Gasteiger partial charge in [-0.05, 0) is 38.1 Å². The molecule has 1 fully saturated rings. The van der Waals surface area contributed by atoms with E-state index in [1.54, 1.807) is 18.3 Å². The maximum atomic E-state index is 12.8. The highest BCUT2D eigenvalue weighted by Crippen LogP contribution is 2.29. The normalized spacial score (nSPS) is 22.5. The molecule has 0 aromatic carbocycles. The molecule has 4 rings (SSSR count). The van der Waals surface area contributed by atoms with Crippen LogP contribution in [0.2, 0.25) is 0 Å². The van der Waals surface area contributed by atoms with E-state index in [-0.39, 0.29) is 11.9 Å². The van der Waals surface area contributed by atoms with Crippen LogP contribution in [0.3, 0.4) is 0 Å². The summed E-state index contributed by atoms with van der Waals surface area (Å²) in [5.41, 5.74) is 3.33. The van der Waals surface area contributed by atoms with Crippen LogP contribution in [0.25, 0.3) is 11.3 Å². The van der Waals surface area contributed by atoms with Gasteiger partial charge in [0.2, 0.25) is 0 Å². The molecule has 6 heteroatoms. The summed E-state index contributed by atoms with van der Waals surface area (Å²) in [7, 11) is 0. The molecule has 0 unspecified atom stereocenters. The van der Waals surface area contributed by atoms with Gasteiger partial charge in [-0.25, -0.2) is 9.97 Å². The van der Waals surface area contributed by atoms with Gasteiger partial charge in [-0.3, -0.25) is 4.79 Å². The number of carbonyl (C=O) groups excluding carboxylic acids is 1. The number of hydrogen-bond acceptors (Lipinski definition) is 5. The first kappa shape index (κ1) is 14.8. The van der Waals surface area contributed by atoms with Crippen LogP contribution < -0.4 is 5.32 Å². The van der Waals surface area contributed by atoms with Crippen molar-refractivity contribution in [3.63, 3.8) is 0 Å². The van der Waals surface area contributed by atoms with E-state index in [1.807, 2.05) is 23.1 Å². The number of pyridine rings is 2. The van der Waals surface area contributed by atoms with Crippen LogP contribution in [0, 0.1) is 11.3 Å². The summed E-state index contributed by atoms with van der Waals surface area (Å²) in [5, 5.41) is 12.4. The Morgan fingerprint density at radius 2 is 2.25 bits per heavy atom. The minimum Gasteiger partial charge on any atom is -0.328 e. The smallest absolute Gasteiger partial charge is 0.273 e. The van der Waals surface area contributed by atoms with Gasteiger partial charge in [0.25, 0.3) is 5.91 Å². The summed E-state index contributed by atoms with van der Waals surface area (Å²) in [4.78, 5) is 23.3. The van der Waals surface area contributed by atoms with Crippen molar-refractivity contribution in [2.24, 2.45) is 0 Å². The van der Waals surface area contributed by atoms with Gasteiger partial charge < -0.3 is 10.2 Å². The van der Waals surface area contributed by atoms with Crippen molar-refractivity contribution in [1.29, 1.82) is 5.26 Å². The van der Waals surface area contributed by atoms with Crippen LogP contribution in [0.15, 0.2) is 30.5 Å². The maximum Gasteiger partial charge on any atom is 0.273 e. The molecule has 2 atom stereocenters. The first-order valence-electron chi connectivity index (χ1n) is 8.08. The first-order valence-corrected chi connectivity index (χ1v) is 8.08. The lowest BCUT2D eigenvalue weighted by molar-refractivity contribution is 0.0689. The summed E-state index contributed by atoms with van der Waals surface area (Å²) in [5.74, 6) is 0.00182. The molecule has 0 radical (unpaired) electrons. The van der Waals surface area contributed by atoms with Crippen molar-refractivity contribution in [2.45, 2.75) is 32.0 Å². The van der Waals surface area contributed by atoms with Crippen molar-refractivity contribution in [3.05, 3.63) is 47.4 Å². The predicted octanol–water partition coefficient (Wildman–Crippen LogP) is 1.72. The van der Waals surface area contributed by atoms with Crippen molar-refractivity contribution in [2.75, 3.05) is 6.54 Å². The molecular formula is C18H17N5O. The van der Waals surface area contributed by atoms with Crippen LogP contribution in [0.5, 0.6) is 0 Å². The number of aromatic nitrogens is 2. The zero-order valence-electron chi connectivity index (χ0n) is 13.4. The number of nitrogens with zero attached hydrogens (tertiary/aromatic N) is 4. The van der Waals surface area contributed by atoms with Gasteiger partial charge in [-0.15, -0.1) is 0 Å². The molecular weight excluding hydrogens is 302 g/mol. The highest BCUT2D eigenvalue weighted by atomic mass is 16.2. The Labute approximate surface area is 140 Å². The molecule has 6 nitrogen and oxygen atoms in total. The molecule has 2 aromatic rings. The molecule has 120 valence electrons. The van der Waals surface area contributed by atoms with E-state index in [0.717, 1.165) is 24.1 Å². The fourth-order valence-electron chi connectivity index (χ4n) is 3.54. The Balaban J connectivity index is 1.67. The van der Waals surface area contributed by atoms with E-state index in [9.17, 15) is 4.79 Å². The topological polar surface area (TPSA) is 81.9 Å². The Hall–Kier alpha value is -2.78. The lowest BCUT2D eigenvalue weighted by Crippen LogP contribution is -2.42. The van der Waals surface area contributed by atoms with Crippen LogP contribution >= 0.6 is 0 Å². The second-order valence-corrected chi connectivity index (χ2v) is 6.28. The summed E-state index contributed by atoms with van der Waals surface area (Å²) in [6, 6.07) is 9.92. The van der Waals surface area contributed by atoms with Crippen LogP contribution in [-0.4, -0.2) is 39.4 Å². The number of nitriles is 1. The SMILES string of the molecule is C[C@H]1NCC[C@H]1N1Cc2ccc(-c3ccnc(C#N)c3)nc2C1=O. The van der Waals surface area contributed by atoms with Crippen molar-refractivity contribution >= 4 is 5.91 Å². The molecule has 2 aliphatic rings. The lowest BCUT2D eigenvalue weighted by atomic mass is 10.1. The highest BCUT2D eigenvalue weighted by Gasteiger charge is 2.38. The largest absolute Gasteiger partial charge is 0.328 e. The average Bonchev–Trinajstić information content (AvgIpc) is 3.18. The molecule has 1 saturated heterocycles. The predicted molar refractivity (Wildman–Crippen MR) is 87.9 cm³/mol. The second kappa shape index (κ2) is 5.69. The highest BCUT2D eigenvalue weighted by molar-refractivity contribution is 5.97. The van der Waals surface area contributed by atoms with Crippen LogP contribution in [0.4, 0.5) is 0 Å². The number of nitrogens with one attached hydrogen (secondary N) is 1. The van der Waals surface area contributed by atoms with E-state index < -0.39 is 0 Å². The van der Waals surface area contributed by atoms with Crippen molar-refractivity contribution in [3.8, 4) is 17.3 Å². The summed E-state index contributed by atoms with van der Waals surface area (Å²) < 4.78 is 0. The Morgan fingerprint density at radius 3 is 3.00 bits per heavy atom. The second-order valence-electron chi connectivity index (χ2n) is 6.28. The molecule has 0 bridgehead atoms. The summed E-state index contributed by atoms with van der Waals surface area (Å²) >= 11 is 0. The van der Waals surface area contributed by atoms with Crippen LogP contribution in [0.1, 0.15) is 35.1 Å². The summed E-state index contributed by atoms with van der Waals surface area (Å²) in [6.07, 6.45) is 2.56. The molecule has 24 heavy (non-hydrogen) atoms. The van der Waals surface area contributed by atoms with E-state index >= 15 is 0 Å². The monoisotopic (exact) mass is 319 g/mol. The van der Waals surface area contributed by atoms with E-state index in [0.29, 0.717) is 29.7 Å². The molecule has 1 N–H and O–H groups in total. The molecule has 2 aromatic heterocycles. The Kier molecular flexibility index (Phi) is 3.51. The van der Waals surface area contributed by atoms with Crippen LogP contribution in [-0.2, 0) is 6.54 Å². The van der Waals surface area contributed by atoms with Crippen molar-refractivity contribution < 1.29 is 4.79 Å². The first-order chi connectivity index (χ1) is 11.7. The van der Waals surface area contributed by atoms with Gasteiger partial charge in [0.05, 0.1) is 5.69 Å². The maximum absolute atomic E-state index is 12.8. The van der Waals surface area contributed by atoms with Gasteiger partial charge in [-0.2, -0.15) is 5.26 Å². The molecule has 0 aliphatic carbocycles. The Bertz CT molecular complexity index is 857.